The van der Waals surface area contributed by atoms with Crippen LogP contribution in [-0.2, 0) is 4.79 Å². The van der Waals surface area contributed by atoms with Crippen molar-refractivity contribution in [1.82, 2.24) is 5.32 Å². The van der Waals surface area contributed by atoms with Gasteiger partial charge in [0.1, 0.15) is 0 Å². The smallest absolute Gasteiger partial charge is 0.220 e. The van der Waals surface area contributed by atoms with Gasteiger partial charge in [0.25, 0.3) is 0 Å². The van der Waals surface area contributed by atoms with Gasteiger partial charge in [-0.15, -0.1) is 0 Å². The number of piperidine rings is 1. The van der Waals surface area contributed by atoms with E-state index in [1.807, 2.05) is 12.1 Å². The van der Waals surface area contributed by atoms with Crippen molar-refractivity contribution in [2.45, 2.75) is 18.8 Å². The first kappa shape index (κ1) is 9.71. The van der Waals surface area contributed by atoms with Crippen LogP contribution in [0.25, 0.3) is 0 Å². The van der Waals surface area contributed by atoms with Gasteiger partial charge < -0.3 is 5.32 Å². The first-order valence-electron chi connectivity index (χ1n) is 4.78. The van der Waals surface area contributed by atoms with Gasteiger partial charge >= 0.3 is 0 Å². The van der Waals surface area contributed by atoms with Crippen molar-refractivity contribution in [2.24, 2.45) is 0 Å². The lowest BCUT2D eigenvalue weighted by Crippen LogP contribution is -2.33. The minimum Gasteiger partial charge on any atom is -0.355 e. The third kappa shape index (κ3) is 2.15. The second-order valence-corrected chi connectivity index (χ2v) is 4.51. The van der Waals surface area contributed by atoms with Gasteiger partial charge in [0.15, 0.2) is 0 Å². The van der Waals surface area contributed by atoms with Crippen molar-refractivity contribution < 1.29 is 4.79 Å². The Balaban J connectivity index is 2.08. The Morgan fingerprint density at radius 2 is 2.00 bits per heavy atom. The Kier molecular flexibility index (Phi) is 2.87. The Bertz CT molecular complexity index is 324. The second kappa shape index (κ2) is 4.13. The molecule has 1 N–H and O–H groups in total. The van der Waals surface area contributed by atoms with Gasteiger partial charge in [-0.25, -0.2) is 0 Å². The highest BCUT2D eigenvalue weighted by atomic mass is 79.9. The maximum atomic E-state index is 11.0. The van der Waals surface area contributed by atoms with E-state index in [4.69, 9.17) is 0 Å². The van der Waals surface area contributed by atoms with Crippen LogP contribution in [0, 0.1) is 0 Å². The number of carbonyl (C=O) groups is 1. The van der Waals surface area contributed by atoms with E-state index < -0.39 is 0 Å². The first-order chi connectivity index (χ1) is 6.75. The molecule has 1 heterocycles. The van der Waals surface area contributed by atoms with Gasteiger partial charge in [-0.05, 0) is 24.1 Å². The van der Waals surface area contributed by atoms with Gasteiger partial charge in [0.2, 0.25) is 5.91 Å². The van der Waals surface area contributed by atoms with E-state index >= 15 is 0 Å². The molecule has 1 aliphatic rings. The van der Waals surface area contributed by atoms with Crippen LogP contribution in [0.4, 0.5) is 0 Å². The molecule has 0 spiro atoms. The lowest BCUT2D eigenvalue weighted by atomic mass is 9.91. The second-order valence-electron chi connectivity index (χ2n) is 3.59. The van der Waals surface area contributed by atoms with Gasteiger partial charge in [0.05, 0.1) is 0 Å². The topological polar surface area (TPSA) is 29.1 Å². The van der Waals surface area contributed by atoms with Crippen molar-refractivity contribution in [3.8, 4) is 0 Å². The molecule has 2 nitrogen and oxygen atoms in total. The third-order valence-electron chi connectivity index (χ3n) is 2.61. The molecule has 1 amide bonds. The molecule has 1 atom stereocenters. The van der Waals surface area contributed by atoms with Crippen molar-refractivity contribution in [1.29, 1.82) is 0 Å². The van der Waals surface area contributed by atoms with Crippen LogP contribution in [0.2, 0.25) is 0 Å². The Morgan fingerprint density at radius 1 is 1.29 bits per heavy atom. The van der Waals surface area contributed by atoms with Gasteiger partial charge in [0, 0.05) is 23.4 Å². The van der Waals surface area contributed by atoms with Crippen molar-refractivity contribution >= 4 is 21.8 Å². The Morgan fingerprint density at radius 3 is 2.57 bits per heavy atom. The third-order valence-corrected chi connectivity index (χ3v) is 3.14. The van der Waals surface area contributed by atoms with E-state index in [-0.39, 0.29) is 5.91 Å². The van der Waals surface area contributed by atoms with E-state index in [9.17, 15) is 4.79 Å². The fourth-order valence-corrected chi connectivity index (χ4v) is 2.02. The lowest BCUT2D eigenvalue weighted by molar-refractivity contribution is -0.122. The van der Waals surface area contributed by atoms with E-state index in [0.29, 0.717) is 12.3 Å². The number of hydrogen-bond donors (Lipinski definition) is 1. The standard InChI is InChI=1S/C11H12BrNO/c12-10-4-1-8(2-5-10)9-3-6-11(14)13-7-9/h1-2,4-5,9H,3,6-7H2,(H,13,14). The van der Waals surface area contributed by atoms with Crippen LogP contribution >= 0.6 is 15.9 Å². The molecule has 0 bridgehead atoms. The van der Waals surface area contributed by atoms with Crippen LogP contribution in [0.1, 0.15) is 24.3 Å². The van der Waals surface area contributed by atoms with Crippen LogP contribution in [0.3, 0.4) is 0 Å². The predicted molar refractivity (Wildman–Crippen MR) is 59.1 cm³/mol. The molecule has 14 heavy (non-hydrogen) atoms. The molecule has 1 aromatic carbocycles. The summed E-state index contributed by atoms with van der Waals surface area (Å²) in [5.74, 6) is 0.666. The summed E-state index contributed by atoms with van der Waals surface area (Å²) in [4.78, 5) is 11.0. The molecule has 1 aliphatic heterocycles. The summed E-state index contributed by atoms with van der Waals surface area (Å²) in [7, 11) is 0. The number of halogens is 1. The summed E-state index contributed by atoms with van der Waals surface area (Å²) in [6.45, 7) is 0.778. The van der Waals surface area contributed by atoms with Gasteiger partial charge in [-0.3, -0.25) is 4.79 Å². The zero-order chi connectivity index (χ0) is 9.97. The zero-order valence-corrected chi connectivity index (χ0v) is 9.38. The normalized spacial score (nSPS) is 21.8. The van der Waals surface area contributed by atoms with E-state index in [2.05, 4.69) is 33.4 Å². The maximum absolute atomic E-state index is 11.0. The number of rotatable bonds is 1. The van der Waals surface area contributed by atoms with Crippen LogP contribution in [0.15, 0.2) is 28.7 Å². The maximum Gasteiger partial charge on any atom is 0.220 e. The van der Waals surface area contributed by atoms with Crippen LogP contribution in [0.5, 0.6) is 0 Å². The predicted octanol–water partition coefficient (Wildman–Crippen LogP) is 2.44. The highest BCUT2D eigenvalue weighted by molar-refractivity contribution is 9.10. The van der Waals surface area contributed by atoms with E-state index in [1.165, 1.54) is 5.56 Å². The van der Waals surface area contributed by atoms with Crippen LogP contribution < -0.4 is 5.32 Å². The molecule has 1 unspecified atom stereocenters. The Hall–Kier alpha value is -0.830. The molecular formula is C11H12BrNO. The molecule has 1 saturated heterocycles. The summed E-state index contributed by atoms with van der Waals surface area (Å²) in [5.41, 5.74) is 1.31. The van der Waals surface area contributed by atoms with Gasteiger partial charge in [-0.1, -0.05) is 28.1 Å². The summed E-state index contributed by atoms with van der Waals surface area (Å²) in [6.07, 6.45) is 1.62. The molecule has 0 aliphatic carbocycles. The van der Waals surface area contributed by atoms with Gasteiger partial charge in [-0.2, -0.15) is 0 Å². The minimum absolute atomic E-state index is 0.179. The fraction of sp³-hybridized carbons (Fsp3) is 0.364. The summed E-state index contributed by atoms with van der Waals surface area (Å²) >= 11 is 3.41. The molecular weight excluding hydrogens is 242 g/mol. The molecule has 1 aromatic rings. The quantitative estimate of drug-likeness (QED) is 0.819. The SMILES string of the molecule is O=C1CCC(c2ccc(Br)cc2)CN1. The van der Waals surface area contributed by atoms with Crippen molar-refractivity contribution in [2.75, 3.05) is 6.54 Å². The molecule has 0 aromatic heterocycles. The average molecular weight is 254 g/mol. The van der Waals surface area contributed by atoms with E-state index in [0.717, 1.165) is 17.4 Å². The molecule has 1 fully saturated rings. The zero-order valence-electron chi connectivity index (χ0n) is 7.79. The number of benzene rings is 1. The number of nitrogens with one attached hydrogen (secondary N) is 1. The molecule has 0 radical (unpaired) electrons. The summed E-state index contributed by atoms with van der Waals surface area (Å²) in [6, 6.07) is 8.33. The van der Waals surface area contributed by atoms with Crippen molar-refractivity contribution in [3.63, 3.8) is 0 Å². The minimum atomic E-state index is 0.179. The number of carbonyl (C=O) groups excluding carboxylic acids is 1. The highest BCUT2D eigenvalue weighted by Gasteiger charge is 2.18. The fourth-order valence-electron chi connectivity index (χ4n) is 1.75. The molecule has 3 heteroatoms. The number of amides is 1. The summed E-state index contributed by atoms with van der Waals surface area (Å²) < 4.78 is 1.10. The molecule has 2 rings (SSSR count). The average Bonchev–Trinajstić information content (AvgIpc) is 2.21. The lowest BCUT2D eigenvalue weighted by Gasteiger charge is -2.22. The number of hydrogen-bond acceptors (Lipinski definition) is 1. The van der Waals surface area contributed by atoms with E-state index in [1.54, 1.807) is 0 Å². The highest BCUT2D eigenvalue weighted by Crippen LogP contribution is 2.24. The molecule has 74 valence electrons. The largest absolute Gasteiger partial charge is 0.355 e. The summed E-state index contributed by atoms with van der Waals surface area (Å²) in [5, 5.41) is 2.89. The Labute approximate surface area is 91.8 Å². The van der Waals surface area contributed by atoms with Crippen molar-refractivity contribution in [3.05, 3.63) is 34.3 Å². The first-order valence-corrected chi connectivity index (χ1v) is 5.57. The van der Waals surface area contributed by atoms with Crippen LogP contribution in [-0.4, -0.2) is 12.5 Å². The molecule has 0 saturated carbocycles. The monoisotopic (exact) mass is 253 g/mol.